The van der Waals surface area contributed by atoms with Crippen LogP contribution >= 0.6 is 0 Å². The van der Waals surface area contributed by atoms with Crippen LogP contribution in [0.25, 0.3) is 0 Å². The summed E-state index contributed by atoms with van der Waals surface area (Å²) in [4.78, 5) is 0. The summed E-state index contributed by atoms with van der Waals surface area (Å²) >= 11 is 0. The summed E-state index contributed by atoms with van der Waals surface area (Å²) < 4.78 is 0. The van der Waals surface area contributed by atoms with Crippen LogP contribution in [-0.4, -0.2) is 57.4 Å². The van der Waals surface area contributed by atoms with Crippen LogP contribution in [0.3, 0.4) is 0 Å². The standard InChI is InChI=1S/C3H8O.3C3H7O.In/c4*1-2-3-4;/h4H,2-3H2,1H3;3*2-3H2,1H3;/q;3*-1;+3. The number of rotatable bonds is 4. The van der Waals surface area contributed by atoms with E-state index in [0.717, 1.165) is 25.7 Å². The maximum Gasteiger partial charge on any atom is 3.00 e. The second-order valence-electron chi connectivity index (χ2n) is 2.84. The molecule has 0 amide bonds. The first-order valence-electron chi connectivity index (χ1n) is 6.01. The van der Waals surface area contributed by atoms with Gasteiger partial charge in [0.25, 0.3) is 0 Å². The number of aliphatic hydroxyl groups is 1. The van der Waals surface area contributed by atoms with Crippen molar-refractivity contribution in [2.75, 3.05) is 26.4 Å². The van der Waals surface area contributed by atoms with Gasteiger partial charge in [0.1, 0.15) is 0 Å². The summed E-state index contributed by atoms with van der Waals surface area (Å²) in [7, 11) is 0. The van der Waals surface area contributed by atoms with Crippen molar-refractivity contribution in [2.24, 2.45) is 0 Å². The van der Waals surface area contributed by atoms with Crippen molar-refractivity contribution in [3.05, 3.63) is 0 Å². The molecule has 0 rings (SSSR count). The Morgan fingerprint density at radius 1 is 0.647 bits per heavy atom. The summed E-state index contributed by atoms with van der Waals surface area (Å²) in [5.41, 5.74) is 0. The molecule has 0 heterocycles. The van der Waals surface area contributed by atoms with Crippen molar-refractivity contribution in [1.29, 1.82) is 0 Å². The Morgan fingerprint density at radius 2 is 0.765 bits per heavy atom. The van der Waals surface area contributed by atoms with E-state index in [1.54, 1.807) is 0 Å². The molecule has 0 aliphatic rings. The van der Waals surface area contributed by atoms with Crippen LogP contribution in [0, 0.1) is 0 Å². The van der Waals surface area contributed by atoms with Crippen molar-refractivity contribution in [3.63, 3.8) is 0 Å². The Bertz CT molecular complexity index is 42.5. The maximum atomic E-state index is 9.30. The summed E-state index contributed by atoms with van der Waals surface area (Å²) in [5.74, 6) is 0. The smallest absolute Gasteiger partial charge is 0.854 e. The molecule has 0 atom stereocenters. The fourth-order valence-corrected chi connectivity index (χ4v) is 0. The molecular weight excluding hydrogens is 323 g/mol. The van der Waals surface area contributed by atoms with E-state index in [2.05, 4.69) is 0 Å². The largest absolute Gasteiger partial charge is 3.00 e. The van der Waals surface area contributed by atoms with Gasteiger partial charge in [-0.15, -0.1) is 19.8 Å². The van der Waals surface area contributed by atoms with Gasteiger partial charge in [0.05, 0.1) is 0 Å². The Kier molecular flexibility index (Phi) is 97.9. The van der Waals surface area contributed by atoms with Gasteiger partial charge >= 0.3 is 25.8 Å². The minimum Gasteiger partial charge on any atom is -0.854 e. The molecule has 0 aliphatic carbocycles. The molecule has 0 spiro atoms. The molecule has 0 saturated heterocycles. The summed E-state index contributed by atoms with van der Waals surface area (Å²) in [6, 6.07) is 0. The van der Waals surface area contributed by atoms with Crippen LogP contribution < -0.4 is 15.3 Å². The molecule has 0 unspecified atom stereocenters. The fourth-order valence-electron chi connectivity index (χ4n) is 0. The van der Waals surface area contributed by atoms with Crippen LogP contribution in [0.1, 0.15) is 53.4 Å². The summed E-state index contributed by atoms with van der Waals surface area (Å²) in [6.07, 6.45) is 3.17. The first-order valence-corrected chi connectivity index (χ1v) is 6.01. The molecule has 0 aromatic heterocycles. The summed E-state index contributed by atoms with van der Waals surface area (Å²) in [5, 5.41) is 35.8. The van der Waals surface area contributed by atoms with Crippen molar-refractivity contribution in [3.8, 4) is 0 Å². The average Bonchev–Trinajstić information content (AvgIpc) is 2.39. The Balaban J connectivity index is -0.0000000369. The Morgan fingerprint density at radius 3 is 0.765 bits per heavy atom. The van der Waals surface area contributed by atoms with E-state index < -0.39 is 0 Å². The molecular formula is C12H29InO4. The van der Waals surface area contributed by atoms with E-state index in [0.29, 0.717) is 6.61 Å². The molecule has 0 fully saturated rings. The van der Waals surface area contributed by atoms with Gasteiger partial charge in [-0.3, -0.25) is 0 Å². The zero-order valence-electron chi connectivity index (χ0n) is 11.9. The van der Waals surface area contributed by atoms with Crippen LogP contribution in [-0.2, 0) is 0 Å². The average molecular weight is 352 g/mol. The fraction of sp³-hybridized carbons (Fsp3) is 1.00. The minimum atomic E-state index is 0. The monoisotopic (exact) mass is 352 g/mol. The van der Waals surface area contributed by atoms with Crippen LogP contribution in [0.15, 0.2) is 0 Å². The van der Waals surface area contributed by atoms with Gasteiger partial charge in [0, 0.05) is 6.61 Å². The second kappa shape index (κ2) is 54.4. The zero-order chi connectivity index (χ0) is 13.7. The SMILES string of the molecule is CCCO.CCC[O-].CCC[O-].CCC[O-].[In+3]. The predicted octanol–water partition coefficient (Wildman–Crippen LogP) is -0.722. The zero-order valence-corrected chi connectivity index (χ0v) is 15.2. The molecule has 0 aromatic carbocycles. The number of hydrogen-bond acceptors (Lipinski definition) is 4. The van der Waals surface area contributed by atoms with Crippen molar-refractivity contribution >= 4 is 25.8 Å². The third kappa shape index (κ3) is 163. The molecule has 104 valence electrons. The van der Waals surface area contributed by atoms with Gasteiger partial charge in [-0.25, -0.2) is 0 Å². The van der Waals surface area contributed by atoms with Crippen molar-refractivity contribution < 1.29 is 20.4 Å². The maximum absolute atomic E-state index is 9.30. The van der Waals surface area contributed by atoms with Gasteiger partial charge in [-0.2, -0.15) is 0 Å². The first kappa shape index (κ1) is 30.6. The normalized spacial score (nSPS) is 7.06. The summed E-state index contributed by atoms with van der Waals surface area (Å²) in [6.45, 7) is 8.06. The third-order valence-corrected chi connectivity index (χ3v) is 0.836. The van der Waals surface area contributed by atoms with Crippen molar-refractivity contribution in [2.45, 2.75) is 53.4 Å². The van der Waals surface area contributed by atoms with E-state index in [-0.39, 0.29) is 45.7 Å². The minimum absolute atomic E-state index is 0. The van der Waals surface area contributed by atoms with E-state index in [9.17, 15) is 15.3 Å². The van der Waals surface area contributed by atoms with Gasteiger partial charge < -0.3 is 20.4 Å². The molecule has 0 radical (unpaired) electrons. The molecule has 4 nitrogen and oxygen atoms in total. The number of hydrogen-bond donors (Lipinski definition) is 1. The Hall–Kier alpha value is 0.710. The van der Waals surface area contributed by atoms with Crippen LogP contribution in [0.5, 0.6) is 0 Å². The van der Waals surface area contributed by atoms with E-state index in [1.807, 2.05) is 27.7 Å². The molecule has 0 saturated carbocycles. The van der Waals surface area contributed by atoms with E-state index >= 15 is 0 Å². The van der Waals surface area contributed by atoms with E-state index in [4.69, 9.17) is 5.11 Å². The second-order valence-corrected chi connectivity index (χ2v) is 2.84. The molecule has 1 N–H and O–H groups in total. The van der Waals surface area contributed by atoms with Crippen LogP contribution in [0.4, 0.5) is 0 Å². The predicted molar refractivity (Wildman–Crippen MR) is 68.6 cm³/mol. The van der Waals surface area contributed by atoms with Crippen molar-refractivity contribution in [1.82, 2.24) is 0 Å². The van der Waals surface area contributed by atoms with Gasteiger partial charge in [-0.05, 0) is 6.42 Å². The quantitative estimate of drug-likeness (QED) is 0.723. The molecule has 5 heteroatoms. The Labute approximate surface area is 126 Å². The molecule has 0 bridgehead atoms. The third-order valence-electron chi connectivity index (χ3n) is 0.836. The topological polar surface area (TPSA) is 89.4 Å². The van der Waals surface area contributed by atoms with E-state index in [1.165, 1.54) is 0 Å². The van der Waals surface area contributed by atoms with Gasteiger partial charge in [0.15, 0.2) is 0 Å². The first-order chi connectivity index (χ1) is 7.66. The van der Waals surface area contributed by atoms with Crippen LogP contribution in [0.2, 0.25) is 0 Å². The molecule has 0 aromatic rings. The molecule has 0 aliphatic heterocycles. The van der Waals surface area contributed by atoms with Gasteiger partial charge in [-0.1, -0.05) is 47.0 Å². The molecule has 17 heavy (non-hydrogen) atoms. The van der Waals surface area contributed by atoms with Gasteiger partial charge in [0.2, 0.25) is 0 Å². The number of aliphatic hydroxyl groups excluding tert-OH is 1.